The Labute approximate surface area is 107 Å². The molecule has 1 saturated carbocycles. The molecule has 1 aromatic rings. The minimum absolute atomic E-state index is 0.697. The molecule has 1 aliphatic carbocycles. The lowest BCUT2D eigenvalue weighted by Gasteiger charge is -2.20. The van der Waals surface area contributed by atoms with Crippen LogP contribution in [0, 0.1) is 0 Å². The second-order valence-corrected chi connectivity index (χ2v) is 5.40. The molecule has 0 atom stereocenters. The molecule has 0 spiro atoms. The van der Waals surface area contributed by atoms with Gasteiger partial charge in [-0.05, 0) is 19.4 Å². The highest BCUT2D eigenvalue weighted by Gasteiger charge is 2.30. The first kappa shape index (κ1) is 12.8. The van der Waals surface area contributed by atoms with Crippen LogP contribution in [0.5, 0.6) is 0 Å². The number of hydrogen-bond acceptors (Lipinski definition) is 5. The molecule has 0 saturated heterocycles. The monoisotopic (exact) mass is 255 g/mol. The summed E-state index contributed by atoms with van der Waals surface area (Å²) in [5.74, 6) is 0. The number of nitrogens with one attached hydrogen (secondary N) is 1. The van der Waals surface area contributed by atoms with Gasteiger partial charge in [0.05, 0.1) is 6.61 Å². The second kappa shape index (κ2) is 6.33. The van der Waals surface area contributed by atoms with Crippen LogP contribution < -0.4 is 10.2 Å². The number of anilines is 1. The van der Waals surface area contributed by atoms with E-state index >= 15 is 0 Å². The third-order valence-corrected chi connectivity index (χ3v) is 3.89. The maximum Gasteiger partial charge on any atom is 0.185 e. The highest BCUT2D eigenvalue weighted by atomic mass is 32.1. The standard InChI is InChI=1S/C12H21N3OS/c1-3-13-8-11-9-14-12(17-11)15(6-7-16-2)10-4-5-10/h9-10,13H,3-8H2,1-2H3. The maximum atomic E-state index is 5.17. The largest absolute Gasteiger partial charge is 0.383 e. The van der Waals surface area contributed by atoms with Crippen molar-refractivity contribution in [3.8, 4) is 0 Å². The minimum Gasteiger partial charge on any atom is -0.383 e. The number of thiazole rings is 1. The fourth-order valence-electron chi connectivity index (χ4n) is 1.77. The van der Waals surface area contributed by atoms with Gasteiger partial charge in [-0.15, -0.1) is 11.3 Å². The SMILES string of the molecule is CCNCc1cnc(N(CCOC)C2CC2)s1. The van der Waals surface area contributed by atoms with Gasteiger partial charge in [0.1, 0.15) is 0 Å². The molecule has 17 heavy (non-hydrogen) atoms. The summed E-state index contributed by atoms with van der Waals surface area (Å²) in [6.45, 7) is 5.78. The predicted octanol–water partition coefficient (Wildman–Crippen LogP) is 1.87. The highest BCUT2D eigenvalue weighted by Crippen LogP contribution is 2.33. The lowest BCUT2D eigenvalue weighted by Crippen LogP contribution is -2.29. The molecule has 2 rings (SSSR count). The van der Waals surface area contributed by atoms with Gasteiger partial charge in [-0.3, -0.25) is 0 Å². The zero-order valence-corrected chi connectivity index (χ0v) is 11.4. The van der Waals surface area contributed by atoms with E-state index in [2.05, 4.69) is 22.1 Å². The molecule has 0 radical (unpaired) electrons. The zero-order valence-electron chi connectivity index (χ0n) is 10.6. The molecule has 0 unspecified atom stereocenters. The van der Waals surface area contributed by atoms with E-state index in [1.54, 1.807) is 18.4 Å². The van der Waals surface area contributed by atoms with Crippen molar-refractivity contribution in [3.05, 3.63) is 11.1 Å². The lowest BCUT2D eigenvalue weighted by molar-refractivity contribution is 0.205. The van der Waals surface area contributed by atoms with Crippen molar-refractivity contribution in [1.29, 1.82) is 0 Å². The normalized spacial score (nSPS) is 15.2. The Balaban J connectivity index is 1.94. The molecule has 0 aliphatic heterocycles. The van der Waals surface area contributed by atoms with Crippen LogP contribution in [-0.2, 0) is 11.3 Å². The van der Waals surface area contributed by atoms with E-state index in [1.807, 2.05) is 6.20 Å². The van der Waals surface area contributed by atoms with Crippen LogP contribution in [0.1, 0.15) is 24.6 Å². The summed E-state index contributed by atoms with van der Waals surface area (Å²) in [5.41, 5.74) is 0. The molecule has 1 aromatic heterocycles. The van der Waals surface area contributed by atoms with E-state index in [1.165, 1.54) is 17.7 Å². The van der Waals surface area contributed by atoms with Crippen molar-refractivity contribution in [2.45, 2.75) is 32.4 Å². The van der Waals surface area contributed by atoms with E-state index in [0.29, 0.717) is 6.04 Å². The Kier molecular flexibility index (Phi) is 4.76. The lowest BCUT2D eigenvalue weighted by atomic mass is 10.5. The summed E-state index contributed by atoms with van der Waals surface area (Å²) in [6.07, 6.45) is 4.59. The summed E-state index contributed by atoms with van der Waals surface area (Å²) in [6, 6.07) is 0.697. The molecular formula is C12H21N3OS. The number of methoxy groups -OCH3 is 1. The average Bonchev–Trinajstić information content (AvgIpc) is 3.07. The van der Waals surface area contributed by atoms with Gasteiger partial charge in [-0.2, -0.15) is 0 Å². The van der Waals surface area contributed by atoms with Gasteiger partial charge >= 0.3 is 0 Å². The van der Waals surface area contributed by atoms with Crippen molar-refractivity contribution in [2.75, 3.05) is 31.7 Å². The Morgan fingerprint density at radius 3 is 3.06 bits per heavy atom. The topological polar surface area (TPSA) is 37.4 Å². The molecule has 1 aliphatic rings. The van der Waals surface area contributed by atoms with Crippen molar-refractivity contribution in [3.63, 3.8) is 0 Å². The molecular weight excluding hydrogens is 234 g/mol. The summed E-state index contributed by atoms with van der Waals surface area (Å²) in [4.78, 5) is 8.24. The fraction of sp³-hybridized carbons (Fsp3) is 0.750. The van der Waals surface area contributed by atoms with Gasteiger partial charge in [-0.25, -0.2) is 4.98 Å². The molecule has 4 nitrogen and oxygen atoms in total. The minimum atomic E-state index is 0.697. The predicted molar refractivity (Wildman–Crippen MR) is 71.7 cm³/mol. The maximum absolute atomic E-state index is 5.17. The first-order valence-electron chi connectivity index (χ1n) is 6.26. The summed E-state index contributed by atoms with van der Waals surface area (Å²) >= 11 is 1.80. The van der Waals surface area contributed by atoms with Crippen LogP contribution in [-0.4, -0.2) is 37.8 Å². The van der Waals surface area contributed by atoms with E-state index in [9.17, 15) is 0 Å². The van der Waals surface area contributed by atoms with Crippen LogP contribution in [0.25, 0.3) is 0 Å². The molecule has 96 valence electrons. The Bertz CT molecular complexity index is 338. The van der Waals surface area contributed by atoms with Gasteiger partial charge in [0.15, 0.2) is 5.13 Å². The van der Waals surface area contributed by atoms with Gasteiger partial charge in [0.25, 0.3) is 0 Å². The number of hydrogen-bond donors (Lipinski definition) is 1. The van der Waals surface area contributed by atoms with Crippen LogP contribution in [0.2, 0.25) is 0 Å². The van der Waals surface area contributed by atoms with Gasteiger partial charge in [0, 0.05) is 37.3 Å². The first-order valence-corrected chi connectivity index (χ1v) is 7.07. The molecule has 5 heteroatoms. The van der Waals surface area contributed by atoms with E-state index in [-0.39, 0.29) is 0 Å². The Morgan fingerprint density at radius 2 is 2.41 bits per heavy atom. The van der Waals surface area contributed by atoms with Crippen molar-refractivity contribution >= 4 is 16.5 Å². The van der Waals surface area contributed by atoms with Crippen molar-refractivity contribution < 1.29 is 4.74 Å². The molecule has 0 amide bonds. The summed E-state index contributed by atoms with van der Waals surface area (Å²) < 4.78 is 5.17. The van der Waals surface area contributed by atoms with Gasteiger partial charge in [0.2, 0.25) is 0 Å². The Morgan fingerprint density at radius 1 is 1.59 bits per heavy atom. The fourth-order valence-corrected chi connectivity index (χ4v) is 2.75. The third kappa shape index (κ3) is 3.66. The van der Waals surface area contributed by atoms with Gasteiger partial charge < -0.3 is 15.0 Å². The zero-order chi connectivity index (χ0) is 12.1. The molecule has 1 heterocycles. The third-order valence-electron chi connectivity index (χ3n) is 2.86. The van der Waals surface area contributed by atoms with Crippen LogP contribution in [0.3, 0.4) is 0 Å². The smallest absolute Gasteiger partial charge is 0.185 e. The van der Waals surface area contributed by atoms with Crippen molar-refractivity contribution in [1.82, 2.24) is 10.3 Å². The summed E-state index contributed by atoms with van der Waals surface area (Å²) in [7, 11) is 1.75. The van der Waals surface area contributed by atoms with E-state index < -0.39 is 0 Å². The summed E-state index contributed by atoms with van der Waals surface area (Å²) in [5, 5.41) is 4.48. The number of aromatic nitrogens is 1. The second-order valence-electron chi connectivity index (χ2n) is 4.31. The molecule has 0 bridgehead atoms. The number of ether oxygens (including phenoxy) is 1. The van der Waals surface area contributed by atoms with Crippen LogP contribution in [0.4, 0.5) is 5.13 Å². The Hall–Kier alpha value is -0.650. The molecule has 0 aromatic carbocycles. The van der Waals surface area contributed by atoms with Crippen LogP contribution >= 0.6 is 11.3 Å². The van der Waals surface area contributed by atoms with Crippen LogP contribution in [0.15, 0.2) is 6.20 Å². The van der Waals surface area contributed by atoms with E-state index in [0.717, 1.165) is 31.4 Å². The molecule has 1 fully saturated rings. The van der Waals surface area contributed by atoms with Gasteiger partial charge in [-0.1, -0.05) is 6.92 Å². The highest BCUT2D eigenvalue weighted by molar-refractivity contribution is 7.15. The quantitative estimate of drug-likeness (QED) is 0.769. The van der Waals surface area contributed by atoms with Crippen molar-refractivity contribution in [2.24, 2.45) is 0 Å². The molecule has 1 N–H and O–H groups in total. The number of nitrogens with zero attached hydrogens (tertiary/aromatic N) is 2. The first-order chi connectivity index (χ1) is 8.35. The van der Waals surface area contributed by atoms with E-state index in [4.69, 9.17) is 4.74 Å². The number of rotatable bonds is 8. The average molecular weight is 255 g/mol.